The molecule has 0 bridgehead atoms. The molecule has 2 aromatic carbocycles. The lowest BCUT2D eigenvalue weighted by atomic mass is 9.73. The number of likely N-dealkylation sites (tertiary alicyclic amines) is 1. The predicted octanol–water partition coefficient (Wildman–Crippen LogP) is 5.29. The molecule has 1 amide bonds. The highest BCUT2D eigenvalue weighted by molar-refractivity contribution is 5.88. The van der Waals surface area contributed by atoms with E-state index in [-0.39, 0.29) is 11.7 Å². The van der Waals surface area contributed by atoms with Gasteiger partial charge in [0.25, 0.3) is 0 Å². The second kappa shape index (κ2) is 9.60. The van der Waals surface area contributed by atoms with Crippen molar-refractivity contribution < 1.29 is 13.9 Å². The van der Waals surface area contributed by atoms with Crippen molar-refractivity contribution in [3.05, 3.63) is 77.9 Å². The van der Waals surface area contributed by atoms with E-state index in [2.05, 4.69) is 29.2 Å². The normalized spacial score (nSPS) is 21.0. The highest BCUT2D eigenvalue weighted by atomic mass is 19.1. The average Bonchev–Trinajstić information content (AvgIpc) is 3.10. The second-order valence-corrected chi connectivity index (χ2v) is 9.51. The maximum Gasteiger partial charge on any atom is 0.233 e. The zero-order valence-corrected chi connectivity index (χ0v) is 19.0. The summed E-state index contributed by atoms with van der Waals surface area (Å²) in [5, 5.41) is 2.45. The first kappa shape index (κ1) is 22.0. The standard InChI is InChI=1S/C28H31FN2O2/c29-25-8-2-7-24(19-25)28(11-16-33-17-12-28)27(32)31-14-3-4-21(10-15-31)18-23-6-1-5-22-9-13-30-20-26(22)23/h1-2,5-9,13,19-21H,3-4,10-12,14-18H2/t21-/m0/s1. The van der Waals surface area contributed by atoms with E-state index in [0.717, 1.165) is 44.3 Å². The van der Waals surface area contributed by atoms with Crippen LogP contribution >= 0.6 is 0 Å². The van der Waals surface area contributed by atoms with Gasteiger partial charge in [0.15, 0.2) is 0 Å². The molecule has 0 aliphatic carbocycles. The van der Waals surface area contributed by atoms with E-state index in [9.17, 15) is 9.18 Å². The molecule has 2 saturated heterocycles. The monoisotopic (exact) mass is 446 g/mol. The van der Waals surface area contributed by atoms with Gasteiger partial charge in [-0.05, 0) is 79.2 Å². The summed E-state index contributed by atoms with van der Waals surface area (Å²) in [6, 6.07) is 15.1. The zero-order valence-electron chi connectivity index (χ0n) is 19.0. The summed E-state index contributed by atoms with van der Waals surface area (Å²) in [4.78, 5) is 20.3. The first-order chi connectivity index (χ1) is 16.2. The lowest BCUT2D eigenvalue weighted by Crippen LogP contribution is -2.50. The predicted molar refractivity (Wildman–Crippen MR) is 127 cm³/mol. The van der Waals surface area contributed by atoms with Gasteiger partial charge < -0.3 is 9.64 Å². The van der Waals surface area contributed by atoms with Crippen molar-refractivity contribution in [2.45, 2.75) is 43.9 Å². The summed E-state index contributed by atoms with van der Waals surface area (Å²) >= 11 is 0. The Bertz CT molecular complexity index is 1120. The number of rotatable bonds is 4. The van der Waals surface area contributed by atoms with Crippen molar-refractivity contribution >= 4 is 16.7 Å². The third-order valence-corrected chi connectivity index (χ3v) is 7.55. The number of fused-ring (bicyclic) bond motifs is 1. The number of hydrogen-bond donors (Lipinski definition) is 0. The van der Waals surface area contributed by atoms with E-state index in [1.165, 1.54) is 22.4 Å². The highest BCUT2D eigenvalue weighted by Gasteiger charge is 2.44. The Balaban J connectivity index is 1.33. The van der Waals surface area contributed by atoms with E-state index in [4.69, 9.17) is 4.74 Å². The smallest absolute Gasteiger partial charge is 0.233 e. The maximum absolute atomic E-state index is 14.1. The number of pyridine rings is 1. The number of benzene rings is 2. The zero-order chi connectivity index (χ0) is 22.7. The topological polar surface area (TPSA) is 42.4 Å². The molecule has 3 heterocycles. The van der Waals surface area contributed by atoms with Gasteiger partial charge in [-0.2, -0.15) is 0 Å². The fourth-order valence-corrected chi connectivity index (χ4v) is 5.67. The van der Waals surface area contributed by atoms with Crippen LogP contribution in [0.15, 0.2) is 60.9 Å². The summed E-state index contributed by atoms with van der Waals surface area (Å²) in [5.74, 6) is 0.395. The van der Waals surface area contributed by atoms with Gasteiger partial charge in [0, 0.05) is 44.1 Å². The van der Waals surface area contributed by atoms with Gasteiger partial charge in [0.2, 0.25) is 5.91 Å². The molecule has 5 rings (SSSR count). The summed E-state index contributed by atoms with van der Waals surface area (Å²) in [6.45, 7) is 2.59. The van der Waals surface area contributed by atoms with Crippen molar-refractivity contribution in [3.63, 3.8) is 0 Å². The van der Waals surface area contributed by atoms with Gasteiger partial charge in [-0.3, -0.25) is 9.78 Å². The van der Waals surface area contributed by atoms with Gasteiger partial charge in [0.05, 0.1) is 5.41 Å². The number of nitrogens with zero attached hydrogens (tertiary/aromatic N) is 2. The summed E-state index contributed by atoms with van der Waals surface area (Å²) in [6.07, 6.45) is 9.12. The van der Waals surface area contributed by atoms with E-state index in [0.29, 0.717) is 32.0 Å². The Labute approximate surface area is 194 Å². The minimum absolute atomic E-state index is 0.145. The van der Waals surface area contributed by atoms with Crippen molar-refractivity contribution in [3.8, 4) is 0 Å². The lowest BCUT2D eigenvalue weighted by molar-refractivity contribution is -0.141. The van der Waals surface area contributed by atoms with Crippen LogP contribution in [0.3, 0.4) is 0 Å². The number of ether oxygens (including phenoxy) is 1. The van der Waals surface area contributed by atoms with Crippen LogP contribution in [-0.2, 0) is 21.4 Å². The van der Waals surface area contributed by atoms with Crippen molar-refractivity contribution in [1.82, 2.24) is 9.88 Å². The van der Waals surface area contributed by atoms with Gasteiger partial charge in [-0.25, -0.2) is 4.39 Å². The molecule has 0 radical (unpaired) electrons. The summed E-state index contributed by atoms with van der Waals surface area (Å²) in [5.41, 5.74) is 1.45. The fourth-order valence-electron chi connectivity index (χ4n) is 5.67. The van der Waals surface area contributed by atoms with E-state index in [1.807, 2.05) is 23.4 Å². The molecule has 4 nitrogen and oxygen atoms in total. The van der Waals surface area contributed by atoms with Crippen LogP contribution < -0.4 is 0 Å². The third kappa shape index (κ3) is 4.51. The fraction of sp³-hybridized carbons (Fsp3) is 0.429. The molecule has 5 heteroatoms. The third-order valence-electron chi connectivity index (χ3n) is 7.55. The van der Waals surface area contributed by atoms with Crippen LogP contribution in [0.5, 0.6) is 0 Å². The molecule has 172 valence electrons. The Morgan fingerprint density at radius 2 is 1.94 bits per heavy atom. The molecule has 0 spiro atoms. The molecule has 2 aliphatic rings. The van der Waals surface area contributed by atoms with Gasteiger partial charge in [-0.1, -0.05) is 30.3 Å². The van der Waals surface area contributed by atoms with E-state index in [1.54, 1.807) is 12.1 Å². The molecule has 1 atom stereocenters. The number of halogens is 1. The Hall–Kier alpha value is -2.79. The summed E-state index contributed by atoms with van der Waals surface area (Å²) < 4.78 is 19.7. The number of amides is 1. The molecular weight excluding hydrogens is 415 g/mol. The second-order valence-electron chi connectivity index (χ2n) is 9.51. The van der Waals surface area contributed by atoms with Gasteiger partial charge in [-0.15, -0.1) is 0 Å². The molecular formula is C28H31FN2O2. The largest absolute Gasteiger partial charge is 0.381 e. The van der Waals surface area contributed by atoms with Crippen LogP contribution in [0, 0.1) is 11.7 Å². The van der Waals surface area contributed by atoms with Crippen LogP contribution in [0.1, 0.15) is 43.2 Å². The molecule has 1 aromatic heterocycles. The minimum Gasteiger partial charge on any atom is -0.381 e. The van der Waals surface area contributed by atoms with Crippen LogP contribution in [0.4, 0.5) is 4.39 Å². The number of hydrogen-bond acceptors (Lipinski definition) is 3. The Kier molecular flexibility index (Phi) is 6.41. The SMILES string of the molecule is O=C(N1CCC[C@H](Cc2cccc3ccncc23)CC1)C1(c2cccc(F)c2)CCOCC1. The quantitative estimate of drug-likeness (QED) is 0.547. The molecule has 33 heavy (non-hydrogen) atoms. The Morgan fingerprint density at radius 3 is 2.79 bits per heavy atom. The van der Waals surface area contributed by atoms with E-state index >= 15 is 0 Å². The number of carbonyl (C=O) groups is 1. The highest BCUT2D eigenvalue weighted by Crippen LogP contribution is 2.38. The summed E-state index contributed by atoms with van der Waals surface area (Å²) in [7, 11) is 0. The first-order valence-corrected chi connectivity index (χ1v) is 12.1. The van der Waals surface area contributed by atoms with Crippen LogP contribution in [0.25, 0.3) is 10.8 Å². The molecule has 0 unspecified atom stereocenters. The van der Waals surface area contributed by atoms with Gasteiger partial charge in [0.1, 0.15) is 5.82 Å². The molecule has 2 aliphatic heterocycles. The molecule has 2 fully saturated rings. The average molecular weight is 447 g/mol. The van der Waals surface area contributed by atoms with E-state index < -0.39 is 5.41 Å². The lowest BCUT2D eigenvalue weighted by Gasteiger charge is -2.40. The minimum atomic E-state index is -0.679. The maximum atomic E-state index is 14.1. The Morgan fingerprint density at radius 1 is 1.09 bits per heavy atom. The first-order valence-electron chi connectivity index (χ1n) is 12.1. The van der Waals surface area contributed by atoms with Crippen molar-refractivity contribution in [2.75, 3.05) is 26.3 Å². The number of carbonyl (C=O) groups excluding carboxylic acids is 1. The molecule has 0 N–H and O–H groups in total. The van der Waals surface area contributed by atoms with Crippen LogP contribution in [-0.4, -0.2) is 42.1 Å². The number of aromatic nitrogens is 1. The van der Waals surface area contributed by atoms with Gasteiger partial charge >= 0.3 is 0 Å². The molecule has 0 saturated carbocycles. The van der Waals surface area contributed by atoms with Crippen molar-refractivity contribution in [1.29, 1.82) is 0 Å². The van der Waals surface area contributed by atoms with Crippen molar-refractivity contribution in [2.24, 2.45) is 5.92 Å². The van der Waals surface area contributed by atoms with Crippen LogP contribution in [0.2, 0.25) is 0 Å². The molecule has 3 aromatic rings.